The van der Waals surface area contributed by atoms with E-state index in [1.165, 1.54) is 0 Å². The molecule has 270 valence electrons. The van der Waals surface area contributed by atoms with E-state index in [4.69, 9.17) is 37.9 Å². The Morgan fingerprint density at radius 1 is 0.622 bits per heavy atom. The number of ether oxygens (including phenoxy) is 8. The molecular weight excluding hydrogens is 588 g/mol. The van der Waals surface area contributed by atoms with Crippen LogP contribution in [-0.2, 0) is 52.3 Å². The lowest BCUT2D eigenvalue weighted by atomic mass is 10.1. The summed E-state index contributed by atoms with van der Waals surface area (Å²) in [4.78, 5) is 35.4. The van der Waals surface area contributed by atoms with Gasteiger partial charge in [0.1, 0.15) is 6.29 Å². The van der Waals surface area contributed by atoms with Crippen LogP contribution in [0.3, 0.4) is 0 Å². The summed E-state index contributed by atoms with van der Waals surface area (Å²) < 4.78 is 43.4. The summed E-state index contributed by atoms with van der Waals surface area (Å²) in [5, 5.41) is 2.80. The molecule has 13 heteroatoms. The van der Waals surface area contributed by atoms with Crippen molar-refractivity contribution in [3.05, 3.63) is 0 Å². The normalized spacial score (nSPS) is 11.1. The highest BCUT2D eigenvalue weighted by atomic mass is 16.6. The lowest BCUT2D eigenvalue weighted by Crippen LogP contribution is -2.34. The fourth-order valence-electron chi connectivity index (χ4n) is 3.09. The van der Waals surface area contributed by atoms with E-state index in [0.717, 1.165) is 12.7 Å². The average Bonchev–Trinajstić information content (AvgIpc) is 3.06. The molecule has 0 spiro atoms. The molecule has 0 aromatic heterocycles. The van der Waals surface area contributed by atoms with Crippen molar-refractivity contribution in [3.8, 4) is 0 Å². The van der Waals surface area contributed by atoms with Gasteiger partial charge in [-0.05, 0) is 6.42 Å². The Morgan fingerprint density at radius 3 is 1.29 bits per heavy atom. The van der Waals surface area contributed by atoms with Gasteiger partial charge in [-0.1, -0.05) is 41.5 Å². The van der Waals surface area contributed by atoms with E-state index in [9.17, 15) is 14.4 Å². The summed E-state index contributed by atoms with van der Waals surface area (Å²) in [6, 6.07) is 0. The Balaban J connectivity index is -0.00000422. The van der Waals surface area contributed by atoms with Crippen molar-refractivity contribution in [3.63, 3.8) is 0 Å². The molecule has 0 aliphatic rings. The van der Waals surface area contributed by atoms with E-state index in [0.29, 0.717) is 125 Å². The Morgan fingerprint density at radius 2 is 0.956 bits per heavy atom. The molecule has 1 unspecified atom stereocenters. The minimum atomic E-state index is -0.302. The van der Waals surface area contributed by atoms with Crippen LogP contribution >= 0.6 is 0 Å². The fourth-order valence-corrected chi connectivity index (χ4v) is 3.09. The zero-order valence-corrected chi connectivity index (χ0v) is 29.4. The second kappa shape index (κ2) is 42.3. The number of amides is 2. The number of aldehydes is 1. The zero-order valence-electron chi connectivity index (χ0n) is 29.4. The van der Waals surface area contributed by atoms with Gasteiger partial charge in [0, 0.05) is 38.9 Å². The van der Waals surface area contributed by atoms with Gasteiger partial charge in [-0.3, -0.25) is 9.59 Å². The lowest BCUT2D eigenvalue weighted by Gasteiger charge is -2.20. The number of hydrogen-bond acceptors (Lipinski definition) is 11. The molecule has 0 radical (unpaired) electrons. The third-order valence-corrected chi connectivity index (χ3v) is 5.47. The summed E-state index contributed by atoms with van der Waals surface area (Å²) >= 11 is 0. The number of likely N-dealkylation sites (N-methyl/N-ethyl adjacent to an activating group) is 1. The monoisotopic (exact) mass is 654 g/mol. The molecule has 0 aromatic carbocycles. The number of carbonyl (C=O) groups is 3. The quantitative estimate of drug-likeness (QED) is 0.0846. The molecule has 0 heterocycles. The van der Waals surface area contributed by atoms with Gasteiger partial charge in [0.05, 0.1) is 106 Å². The van der Waals surface area contributed by atoms with E-state index in [1.54, 1.807) is 18.9 Å². The van der Waals surface area contributed by atoms with Gasteiger partial charge in [-0.2, -0.15) is 0 Å². The van der Waals surface area contributed by atoms with E-state index in [1.807, 2.05) is 34.6 Å². The van der Waals surface area contributed by atoms with Crippen molar-refractivity contribution in [1.82, 2.24) is 10.2 Å². The summed E-state index contributed by atoms with van der Waals surface area (Å²) in [5.74, 6) is -0.350. The lowest BCUT2D eigenvalue weighted by molar-refractivity contribution is -0.135. The highest BCUT2D eigenvalue weighted by Gasteiger charge is 2.16. The first kappa shape index (κ1) is 47.7. The SMILES string of the molecule is CC.CC.CCCNC(=O)CCOCCOCCOCCOCCOCCOCCOCCOCCN(C)C(=O)C(C)CC=O. The first-order valence-corrected chi connectivity index (χ1v) is 16.6. The number of nitrogens with one attached hydrogen (secondary N) is 1. The largest absolute Gasteiger partial charge is 0.379 e. The molecule has 2 amide bonds. The van der Waals surface area contributed by atoms with Gasteiger partial charge in [0.2, 0.25) is 11.8 Å². The fraction of sp³-hybridized carbons (Fsp3) is 0.906. The highest BCUT2D eigenvalue weighted by Crippen LogP contribution is 2.03. The van der Waals surface area contributed by atoms with Gasteiger partial charge in [0.25, 0.3) is 0 Å². The number of nitrogens with zero attached hydrogens (tertiary/aromatic N) is 1. The summed E-state index contributed by atoms with van der Waals surface area (Å²) in [6.45, 7) is 20.3. The maximum absolute atomic E-state index is 12.0. The van der Waals surface area contributed by atoms with Gasteiger partial charge in [0.15, 0.2) is 0 Å². The minimum Gasteiger partial charge on any atom is -0.379 e. The van der Waals surface area contributed by atoms with Gasteiger partial charge in [-0.25, -0.2) is 0 Å². The second-order valence-electron chi connectivity index (χ2n) is 9.06. The Hall–Kier alpha value is -1.71. The number of hydrogen-bond donors (Lipinski definition) is 1. The molecule has 13 nitrogen and oxygen atoms in total. The maximum Gasteiger partial charge on any atom is 0.225 e. The molecule has 45 heavy (non-hydrogen) atoms. The van der Waals surface area contributed by atoms with Crippen LogP contribution in [0.2, 0.25) is 0 Å². The highest BCUT2D eigenvalue weighted by molar-refractivity contribution is 5.80. The average molecular weight is 655 g/mol. The van der Waals surface area contributed by atoms with Gasteiger partial charge >= 0.3 is 0 Å². The van der Waals surface area contributed by atoms with Crippen molar-refractivity contribution in [2.75, 3.05) is 126 Å². The van der Waals surface area contributed by atoms with E-state index in [-0.39, 0.29) is 24.2 Å². The third-order valence-electron chi connectivity index (χ3n) is 5.47. The van der Waals surface area contributed by atoms with Gasteiger partial charge < -0.3 is 52.9 Å². The van der Waals surface area contributed by atoms with Gasteiger partial charge in [-0.15, -0.1) is 0 Å². The van der Waals surface area contributed by atoms with Crippen LogP contribution in [0.15, 0.2) is 0 Å². The number of carbonyl (C=O) groups excluding carboxylic acids is 3. The smallest absolute Gasteiger partial charge is 0.225 e. The second-order valence-corrected chi connectivity index (χ2v) is 9.06. The van der Waals surface area contributed by atoms with Crippen molar-refractivity contribution < 1.29 is 52.3 Å². The zero-order chi connectivity index (χ0) is 34.2. The third kappa shape index (κ3) is 38.4. The first-order chi connectivity index (χ1) is 22.0. The molecule has 1 atom stereocenters. The molecule has 0 saturated heterocycles. The van der Waals surface area contributed by atoms with Crippen molar-refractivity contribution in [2.24, 2.45) is 5.92 Å². The van der Waals surface area contributed by atoms with Crippen LogP contribution in [-0.4, -0.2) is 149 Å². The van der Waals surface area contributed by atoms with E-state index < -0.39 is 0 Å². The molecule has 0 fully saturated rings. The predicted octanol–water partition coefficient (Wildman–Crippen LogP) is 2.77. The van der Waals surface area contributed by atoms with Crippen LogP contribution in [0.4, 0.5) is 0 Å². The van der Waals surface area contributed by atoms with Crippen LogP contribution in [0.1, 0.15) is 60.8 Å². The van der Waals surface area contributed by atoms with Crippen molar-refractivity contribution >= 4 is 18.1 Å². The standard InChI is InChI=1S/C28H54N2O11.2C2H6/c1-4-7-29-27(32)6-10-34-12-14-36-16-18-38-20-22-40-24-25-41-23-21-39-19-17-37-15-13-35-11-8-30(3)28(33)26(2)5-9-31;2*1-2/h9,26H,4-8,10-25H2,1-3H3,(H,29,32);2*1-2H3. The van der Waals surface area contributed by atoms with E-state index >= 15 is 0 Å². The summed E-state index contributed by atoms with van der Waals surface area (Å²) in [7, 11) is 1.70. The molecule has 1 N–H and O–H groups in total. The Kier molecular flexibility index (Phi) is 44.8. The topological polar surface area (TPSA) is 140 Å². The molecule has 0 saturated carbocycles. The molecule has 0 aliphatic carbocycles. The summed E-state index contributed by atoms with van der Waals surface area (Å²) in [5.41, 5.74) is 0. The Bertz CT molecular complexity index is 616. The minimum absolute atomic E-state index is 0.0119. The van der Waals surface area contributed by atoms with Crippen LogP contribution < -0.4 is 5.32 Å². The summed E-state index contributed by atoms with van der Waals surface area (Å²) in [6.07, 6.45) is 2.29. The molecule has 0 aromatic rings. The first-order valence-electron chi connectivity index (χ1n) is 16.6. The maximum atomic E-state index is 12.0. The van der Waals surface area contributed by atoms with E-state index in [2.05, 4.69) is 5.32 Å². The number of rotatable bonds is 32. The van der Waals surface area contributed by atoms with Crippen LogP contribution in [0, 0.1) is 5.92 Å². The molecular formula is C32H66N2O11. The van der Waals surface area contributed by atoms with Crippen molar-refractivity contribution in [2.45, 2.75) is 60.8 Å². The van der Waals surface area contributed by atoms with Crippen molar-refractivity contribution in [1.29, 1.82) is 0 Å². The molecule has 0 bridgehead atoms. The van der Waals surface area contributed by atoms with Crippen LogP contribution in [0.5, 0.6) is 0 Å². The molecule has 0 aliphatic heterocycles. The molecule has 0 rings (SSSR count). The Labute approximate surface area is 273 Å². The predicted molar refractivity (Wildman–Crippen MR) is 175 cm³/mol. The van der Waals surface area contributed by atoms with Crippen LogP contribution in [0.25, 0.3) is 0 Å².